The molecule has 1 aromatic heterocycles. The summed E-state index contributed by atoms with van der Waals surface area (Å²) in [7, 11) is -6.25. The van der Waals surface area contributed by atoms with E-state index in [9.17, 15) is 16.8 Å². The number of pyridine rings is 1. The topological polar surface area (TPSA) is 105 Å². The zero-order valence-electron chi connectivity index (χ0n) is 11.0. The molecule has 9 heteroatoms. The van der Waals surface area contributed by atoms with Crippen molar-refractivity contribution in [3.63, 3.8) is 0 Å². The zero-order chi connectivity index (χ0) is 14.8. The van der Waals surface area contributed by atoms with Crippen molar-refractivity contribution in [2.75, 3.05) is 27.3 Å². The molecule has 0 amide bonds. The first-order valence-corrected chi connectivity index (χ1v) is 9.70. The average Bonchev–Trinajstić information content (AvgIpc) is 2.71. The molecule has 7 nitrogen and oxygen atoms in total. The lowest BCUT2D eigenvalue weighted by atomic mass is 10.2. The third-order valence-electron chi connectivity index (χ3n) is 3.00. The number of hydrogen-bond donors (Lipinski definition) is 2. The first-order valence-electron chi connectivity index (χ1n) is 6.23. The zero-order valence-corrected chi connectivity index (χ0v) is 12.7. The van der Waals surface area contributed by atoms with Crippen LogP contribution in [0.25, 0.3) is 0 Å². The summed E-state index contributed by atoms with van der Waals surface area (Å²) in [6.45, 7) is 1.55. The van der Waals surface area contributed by atoms with Gasteiger partial charge < -0.3 is 5.32 Å². The first kappa shape index (κ1) is 15.0. The Kier molecular flexibility index (Phi) is 4.19. The smallest absolute Gasteiger partial charge is 0.232 e. The molecular formula is C11H17N3O4S2. The summed E-state index contributed by atoms with van der Waals surface area (Å²) in [5.41, 5.74) is 0.386. The van der Waals surface area contributed by atoms with Crippen molar-refractivity contribution in [1.82, 2.24) is 4.98 Å². The number of sulfone groups is 1. The van der Waals surface area contributed by atoms with Crippen LogP contribution in [0.4, 0.5) is 11.5 Å². The second kappa shape index (κ2) is 5.57. The summed E-state index contributed by atoms with van der Waals surface area (Å²) in [4.78, 5) is 4.08. The number of aromatic nitrogens is 1. The van der Waals surface area contributed by atoms with Crippen molar-refractivity contribution in [3.05, 3.63) is 18.3 Å². The molecule has 0 saturated carbocycles. The molecule has 0 radical (unpaired) electrons. The number of sulfonamides is 1. The molecule has 0 aliphatic carbocycles. The van der Waals surface area contributed by atoms with Gasteiger partial charge in [-0.15, -0.1) is 0 Å². The van der Waals surface area contributed by atoms with Gasteiger partial charge in [0, 0.05) is 6.04 Å². The maximum Gasteiger partial charge on any atom is 0.232 e. The number of rotatable bonds is 5. The molecule has 0 aromatic carbocycles. The maximum absolute atomic E-state index is 11.4. The van der Waals surface area contributed by atoms with Crippen LogP contribution in [0.5, 0.6) is 0 Å². The molecule has 0 spiro atoms. The minimum atomic E-state index is -3.31. The Morgan fingerprint density at radius 2 is 2.15 bits per heavy atom. The van der Waals surface area contributed by atoms with E-state index < -0.39 is 19.9 Å². The third kappa shape index (κ3) is 4.07. The van der Waals surface area contributed by atoms with Crippen molar-refractivity contribution in [3.8, 4) is 0 Å². The molecule has 112 valence electrons. The van der Waals surface area contributed by atoms with Gasteiger partial charge in [-0.2, -0.15) is 0 Å². The molecule has 0 bridgehead atoms. The fourth-order valence-electron chi connectivity index (χ4n) is 1.91. The van der Waals surface area contributed by atoms with E-state index in [2.05, 4.69) is 15.0 Å². The normalized spacial score (nSPS) is 21.6. The lowest BCUT2D eigenvalue weighted by Gasteiger charge is -2.12. The van der Waals surface area contributed by atoms with E-state index in [1.807, 2.05) is 0 Å². The van der Waals surface area contributed by atoms with Gasteiger partial charge in [0.05, 0.1) is 29.1 Å². The summed E-state index contributed by atoms with van der Waals surface area (Å²) < 4.78 is 47.8. The highest BCUT2D eigenvalue weighted by molar-refractivity contribution is 7.92. The summed E-state index contributed by atoms with van der Waals surface area (Å²) in [6.07, 6.45) is 1.97. The van der Waals surface area contributed by atoms with Crippen molar-refractivity contribution >= 4 is 31.4 Å². The van der Waals surface area contributed by atoms with E-state index >= 15 is 0 Å². The Morgan fingerprint density at radius 1 is 1.40 bits per heavy atom. The van der Waals surface area contributed by atoms with Gasteiger partial charge in [0.25, 0.3) is 0 Å². The van der Waals surface area contributed by atoms with Crippen LogP contribution < -0.4 is 10.0 Å². The number of nitrogens with zero attached hydrogens (tertiary/aromatic N) is 1. The fraction of sp³-hybridized carbons (Fsp3) is 0.545. The second-order valence-corrected chi connectivity index (χ2v) is 8.92. The highest BCUT2D eigenvalue weighted by Crippen LogP contribution is 2.17. The summed E-state index contributed by atoms with van der Waals surface area (Å²) >= 11 is 0. The van der Waals surface area contributed by atoms with Crippen LogP contribution in [0, 0.1) is 0 Å². The van der Waals surface area contributed by atoms with Gasteiger partial charge in [0.1, 0.15) is 5.82 Å². The Labute approximate surface area is 118 Å². The van der Waals surface area contributed by atoms with Crippen molar-refractivity contribution in [2.45, 2.75) is 19.4 Å². The van der Waals surface area contributed by atoms with Gasteiger partial charge in [0.15, 0.2) is 9.84 Å². The monoisotopic (exact) mass is 319 g/mol. The van der Waals surface area contributed by atoms with Gasteiger partial charge >= 0.3 is 0 Å². The summed E-state index contributed by atoms with van der Waals surface area (Å²) in [6, 6.07) is 3.08. The Bertz CT molecular complexity index is 668. The molecule has 1 aliphatic heterocycles. The predicted molar refractivity (Wildman–Crippen MR) is 78.0 cm³/mol. The van der Waals surface area contributed by atoms with E-state index in [-0.39, 0.29) is 23.3 Å². The van der Waals surface area contributed by atoms with Gasteiger partial charge in [-0.05, 0) is 25.5 Å². The summed E-state index contributed by atoms with van der Waals surface area (Å²) in [5, 5.41) is 3.03. The Morgan fingerprint density at radius 3 is 2.65 bits per heavy atom. The lowest BCUT2D eigenvalue weighted by Crippen LogP contribution is -2.21. The van der Waals surface area contributed by atoms with Crippen LogP contribution in [0.2, 0.25) is 0 Å². The van der Waals surface area contributed by atoms with Crippen LogP contribution in [-0.2, 0) is 19.9 Å². The first-order chi connectivity index (χ1) is 9.30. The van der Waals surface area contributed by atoms with E-state index in [4.69, 9.17) is 0 Å². The fourth-order valence-corrected chi connectivity index (χ4v) is 4.21. The van der Waals surface area contributed by atoms with Gasteiger partial charge in [-0.1, -0.05) is 0 Å². The number of hydrogen-bond acceptors (Lipinski definition) is 6. The third-order valence-corrected chi connectivity index (χ3v) is 6.08. The molecule has 2 N–H and O–H groups in total. The molecule has 1 fully saturated rings. The number of nitrogens with one attached hydrogen (secondary N) is 2. The molecule has 1 atom stereocenters. The Hall–Kier alpha value is -1.35. The molecule has 2 rings (SSSR count). The van der Waals surface area contributed by atoms with Gasteiger partial charge in [-0.3, -0.25) is 4.72 Å². The van der Waals surface area contributed by atoms with Crippen LogP contribution in [0.15, 0.2) is 18.3 Å². The average molecular weight is 319 g/mol. The Balaban J connectivity index is 1.99. The van der Waals surface area contributed by atoms with Crippen LogP contribution >= 0.6 is 0 Å². The molecule has 1 aromatic rings. The maximum atomic E-state index is 11.4. The SMILES string of the molecule is CCS(=O)(=O)Nc1ccc(NC2CCS(=O)(=O)C2)nc1. The van der Waals surface area contributed by atoms with E-state index in [0.29, 0.717) is 17.9 Å². The van der Waals surface area contributed by atoms with E-state index in [1.54, 1.807) is 19.1 Å². The van der Waals surface area contributed by atoms with Crippen LogP contribution in [-0.4, -0.2) is 45.1 Å². The van der Waals surface area contributed by atoms with Crippen molar-refractivity contribution < 1.29 is 16.8 Å². The van der Waals surface area contributed by atoms with Crippen molar-refractivity contribution in [1.29, 1.82) is 0 Å². The largest absolute Gasteiger partial charge is 0.366 e. The molecule has 1 saturated heterocycles. The van der Waals surface area contributed by atoms with E-state index in [0.717, 1.165) is 0 Å². The van der Waals surface area contributed by atoms with Crippen LogP contribution in [0.3, 0.4) is 0 Å². The highest BCUT2D eigenvalue weighted by Gasteiger charge is 2.27. The predicted octanol–water partition coefficient (Wildman–Crippen LogP) is 0.442. The minimum absolute atomic E-state index is 0.00701. The highest BCUT2D eigenvalue weighted by atomic mass is 32.2. The van der Waals surface area contributed by atoms with Crippen molar-refractivity contribution in [2.24, 2.45) is 0 Å². The number of anilines is 2. The quantitative estimate of drug-likeness (QED) is 0.816. The molecule has 20 heavy (non-hydrogen) atoms. The molecular weight excluding hydrogens is 302 g/mol. The summed E-state index contributed by atoms with van der Waals surface area (Å²) in [5.74, 6) is 0.830. The molecule has 1 aliphatic rings. The molecule has 1 unspecified atom stereocenters. The second-order valence-electron chi connectivity index (χ2n) is 4.68. The van der Waals surface area contributed by atoms with Gasteiger partial charge in [0.2, 0.25) is 10.0 Å². The van der Waals surface area contributed by atoms with Crippen LogP contribution in [0.1, 0.15) is 13.3 Å². The minimum Gasteiger partial charge on any atom is -0.366 e. The standard InChI is InChI=1S/C11H17N3O4S2/c1-2-20(17,18)14-9-3-4-11(12-7-9)13-10-5-6-19(15,16)8-10/h3-4,7,10,14H,2,5-6,8H2,1H3,(H,12,13). The lowest BCUT2D eigenvalue weighted by molar-refractivity contribution is 0.600. The van der Waals surface area contributed by atoms with Gasteiger partial charge in [-0.25, -0.2) is 21.8 Å². The van der Waals surface area contributed by atoms with E-state index in [1.165, 1.54) is 6.20 Å². The molecule has 2 heterocycles.